The van der Waals surface area contributed by atoms with Crippen LogP contribution in [0.25, 0.3) is 0 Å². The molecule has 2 saturated carbocycles. The van der Waals surface area contributed by atoms with Gasteiger partial charge in [0.1, 0.15) is 0 Å². The van der Waals surface area contributed by atoms with Gasteiger partial charge in [-0.05, 0) is 49.3 Å². The number of methoxy groups -OCH3 is 1. The van der Waals surface area contributed by atoms with E-state index in [2.05, 4.69) is 0 Å². The van der Waals surface area contributed by atoms with E-state index in [1.165, 1.54) is 12.0 Å². The van der Waals surface area contributed by atoms with Crippen molar-refractivity contribution >= 4 is 23.5 Å². The second-order valence-electron chi connectivity index (χ2n) is 6.44. The zero-order valence-corrected chi connectivity index (χ0v) is 12.3. The van der Waals surface area contributed by atoms with Crippen LogP contribution in [-0.2, 0) is 14.3 Å². The predicted molar refractivity (Wildman–Crippen MR) is 78.1 cm³/mol. The number of nitrogens with zero attached hydrogens (tertiary/aromatic N) is 1. The Morgan fingerprint density at radius 2 is 1.77 bits per heavy atom. The first-order valence-electron chi connectivity index (χ1n) is 7.68. The van der Waals surface area contributed by atoms with E-state index in [0.29, 0.717) is 23.1 Å². The topological polar surface area (TPSA) is 63.7 Å². The van der Waals surface area contributed by atoms with Gasteiger partial charge in [-0.2, -0.15) is 0 Å². The molecular formula is C17H17NO4. The van der Waals surface area contributed by atoms with Crippen LogP contribution in [0, 0.1) is 23.7 Å². The zero-order valence-electron chi connectivity index (χ0n) is 12.3. The molecule has 1 saturated heterocycles. The Labute approximate surface area is 128 Å². The highest BCUT2D eigenvalue weighted by atomic mass is 16.5. The third-order valence-corrected chi connectivity index (χ3v) is 5.45. The fraction of sp³-hybridized carbons (Fsp3) is 0.471. The molecule has 3 aliphatic rings. The minimum absolute atomic E-state index is 0.0933. The summed E-state index contributed by atoms with van der Waals surface area (Å²) in [5.74, 6) is -0.226. The van der Waals surface area contributed by atoms with Gasteiger partial charge in [0, 0.05) is 0 Å². The molecule has 5 nitrogen and oxygen atoms in total. The summed E-state index contributed by atoms with van der Waals surface area (Å²) >= 11 is 0. The molecule has 114 valence electrons. The van der Waals surface area contributed by atoms with Crippen LogP contribution in [0.15, 0.2) is 24.3 Å². The molecule has 0 radical (unpaired) electrons. The van der Waals surface area contributed by atoms with E-state index in [1.54, 1.807) is 24.3 Å². The largest absolute Gasteiger partial charge is 0.465 e. The standard InChI is InChI=1S/C17H17NO4/c1-22-17(21)11-3-2-4-12(8-11)18-15(19)13-9-5-6-10(7-9)14(13)16(18)20/h2-4,8-10,13-14H,5-7H2,1H3/t9-,10+,13-,14-/m0/s1. The molecule has 1 aliphatic heterocycles. The summed E-state index contributed by atoms with van der Waals surface area (Å²) in [7, 11) is 1.31. The lowest BCUT2D eigenvalue weighted by Gasteiger charge is -2.19. The van der Waals surface area contributed by atoms with Crippen LogP contribution in [-0.4, -0.2) is 24.9 Å². The molecule has 2 amide bonds. The molecule has 3 fully saturated rings. The monoisotopic (exact) mass is 299 g/mol. The number of benzene rings is 1. The summed E-state index contributed by atoms with van der Waals surface area (Å²) in [5, 5.41) is 0. The second-order valence-corrected chi connectivity index (χ2v) is 6.44. The zero-order chi connectivity index (χ0) is 15.4. The van der Waals surface area contributed by atoms with Crippen LogP contribution in [0.2, 0.25) is 0 Å². The van der Waals surface area contributed by atoms with E-state index in [0.717, 1.165) is 19.3 Å². The average Bonchev–Trinajstić information content (AvgIpc) is 3.21. The summed E-state index contributed by atoms with van der Waals surface area (Å²) in [4.78, 5) is 38.4. The van der Waals surface area contributed by atoms with Crippen molar-refractivity contribution in [2.45, 2.75) is 19.3 Å². The Morgan fingerprint density at radius 3 is 2.36 bits per heavy atom. The highest BCUT2D eigenvalue weighted by Crippen LogP contribution is 2.56. The SMILES string of the molecule is COC(=O)c1cccc(N2C(=O)[C@H]3[C@@H]4CC[C@@H](C4)[C@@H]3C2=O)c1. The number of carbonyl (C=O) groups is 3. The first-order chi connectivity index (χ1) is 10.6. The number of ether oxygens (including phenoxy) is 1. The van der Waals surface area contributed by atoms with E-state index < -0.39 is 5.97 Å². The number of amides is 2. The highest BCUT2D eigenvalue weighted by Gasteiger charge is 2.61. The molecule has 0 N–H and O–H groups in total. The van der Waals surface area contributed by atoms with E-state index in [4.69, 9.17) is 4.74 Å². The molecule has 0 spiro atoms. The van der Waals surface area contributed by atoms with Gasteiger partial charge in [0.15, 0.2) is 0 Å². The molecule has 22 heavy (non-hydrogen) atoms. The molecule has 1 aromatic carbocycles. The minimum Gasteiger partial charge on any atom is -0.465 e. The smallest absolute Gasteiger partial charge is 0.337 e. The van der Waals surface area contributed by atoms with Gasteiger partial charge in [0.2, 0.25) is 11.8 Å². The Kier molecular flexibility index (Phi) is 2.86. The fourth-order valence-corrected chi connectivity index (χ4v) is 4.55. The van der Waals surface area contributed by atoms with Crippen molar-refractivity contribution in [1.29, 1.82) is 0 Å². The number of anilines is 1. The lowest BCUT2D eigenvalue weighted by atomic mass is 9.81. The maximum absolute atomic E-state index is 12.7. The first kappa shape index (κ1) is 13.5. The van der Waals surface area contributed by atoms with Gasteiger partial charge < -0.3 is 4.74 Å². The second kappa shape index (κ2) is 4.66. The van der Waals surface area contributed by atoms with Gasteiger partial charge >= 0.3 is 5.97 Å². The van der Waals surface area contributed by atoms with E-state index in [1.807, 2.05) is 0 Å². The third kappa shape index (κ3) is 1.68. The molecule has 0 aromatic heterocycles. The van der Waals surface area contributed by atoms with Crippen LogP contribution in [0.1, 0.15) is 29.6 Å². The van der Waals surface area contributed by atoms with Crippen molar-refractivity contribution in [3.05, 3.63) is 29.8 Å². The number of hydrogen-bond donors (Lipinski definition) is 0. The molecular weight excluding hydrogens is 282 g/mol. The molecule has 2 bridgehead atoms. The third-order valence-electron chi connectivity index (χ3n) is 5.45. The summed E-state index contributed by atoms with van der Waals surface area (Å²) in [6, 6.07) is 6.55. The van der Waals surface area contributed by atoms with Gasteiger partial charge in [-0.25, -0.2) is 4.79 Å². The van der Waals surface area contributed by atoms with Crippen molar-refractivity contribution < 1.29 is 19.1 Å². The highest BCUT2D eigenvalue weighted by molar-refractivity contribution is 6.22. The van der Waals surface area contributed by atoms with Crippen molar-refractivity contribution in [2.75, 3.05) is 12.0 Å². The maximum atomic E-state index is 12.7. The number of imide groups is 1. The molecule has 4 atom stereocenters. The quantitative estimate of drug-likeness (QED) is 0.619. The molecule has 0 unspecified atom stereocenters. The van der Waals surface area contributed by atoms with Crippen LogP contribution in [0.3, 0.4) is 0 Å². The van der Waals surface area contributed by atoms with Gasteiger partial charge in [-0.15, -0.1) is 0 Å². The van der Waals surface area contributed by atoms with Crippen LogP contribution in [0.5, 0.6) is 0 Å². The number of fused-ring (bicyclic) bond motifs is 5. The van der Waals surface area contributed by atoms with E-state index in [-0.39, 0.29) is 23.7 Å². The molecule has 4 rings (SSSR count). The Hall–Kier alpha value is -2.17. The van der Waals surface area contributed by atoms with Gasteiger partial charge in [0.05, 0.1) is 30.2 Å². The van der Waals surface area contributed by atoms with Gasteiger partial charge in [-0.1, -0.05) is 6.07 Å². The normalized spacial score (nSPS) is 32.5. The summed E-state index contributed by atoms with van der Waals surface area (Å²) in [5.41, 5.74) is 0.826. The lowest BCUT2D eigenvalue weighted by Crippen LogP contribution is -2.32. The lowest BCUT2D eigenvalue weighted by molar-refractivity contribution is -0.123. The Bertz CT molecular complexity index is 655. The molecule has 5 heteroatoms. The molecule has 1 heterocycles. The van der Waals surface area contributed by atoms with E-state index in [9.17, 15) is 14.4 Å². The summed E-state index contributed by atoms with van der Waals surface area (Å²) in [6.45, 7) is 0. The fourth-order valence-electron chi connectivity index (χ4n) is 4.55. The van der Waals surface area contributed by atoms with Crippen molar-refractivity contribution in [3.63, 3.8) is 0 Å². The van der Waals surface area contributed by atoms with Crippen LogP contribution in [0.4, 0.5) is 5.69 Å². The van der Waals surface area contributed by atoms with Crippen LogP contribution < -0.4 is 4.90 Å². The average molecular weight is 299 g/mol. The van der Waals surface area contributed by atoms with Crippen molar-refractivity contribution in [1.82, 2.24) is 0 Å². The molecule has 2 aliphatic carbocycles. The van der Waals surface area contributed by atoms with E-state index >= 15 is 0 Å². The van der Waals surface area contributed by atoms with Crippen molar-refractivity contribution in [2.24, 2.45) is 23.7 Å². The van der Waals surface area contributed by atoms with Gasteiger partial charge in [0.25, 0.3) is 0 Å². The number of esters is 1. The van der Waals surface area contributed by atoms with Gasteiger partial charge in [-0.3, -0.25) is 14.5 Å². The predicted octanol–water partition coefficient (Wildman–Crippen LogP) is 2.01. The van der Waals surface area contributed by atoms with Crippen molar-refractivity contribution in [3.8, 4) is 0 Å². The van der Waals surface area contributed by atoms with Crippen LogP contribution >= 0.6 is 0 Å². The summed E-state index contributed by atoms with van der Waals surface area (Å²) in [6.07, 6.45) is 3.13. The minimum atomic E-state index is -0.471. The Morgan fingerprint density at radius 1 is 1.14 bits per heavy atom. The number of hydrogen-bond acceptors (Lipinski definition) is 4. The molecule has 1 aromatic rings. The summed E-state index contributed by atoms with van der Waals surface area (Å²) < 4.78 is 4.70. The Balaban J connectivity index is 1.70. The number of rotatable bonds is 2. The first-order valence-corrected chi connectivity index (χ1v) is 7.68. The number of carbonyl (C=O) groups excluding carboxylic acids is 3. The maximum Gasteiger partial charge on any atom is 0.337 e.